The Balaban J connectivity index is 1.69. The SMILES string of the molecule is CCc1ccc2nccc(NCC[C@@H](O)c3ccccc3)c2c1. The number of aliphatic hydroxyl groups is 1. The number of anilines is 1. The van der Waals surface area contributed by atoms with Crippen molar-refractivity contribution in [3.8, 4) is 0 Å². The molecule has 0 radical (unpaired) electrons. The molecule has 3 rings (SSSR count). The number of aliphatic hydroxyl groups excluding tert-OH is 1. The van der Waals surface area contributed by atoms with Crippen LogP contribution in [0.25, 0.3) is 10.9 Å². The predicted octanol–water partition coefficient (Wildman–Crippen LogP) is 4.33. The van der Waals surface area contributed by atoms with Crippen molar-refractivity contribution in [1.29, 1.82) is 0 Å². The Hall–Kier alpha value is -2.39. The molecule has 0 saturated carbocycles. The molecule has 2 N–H and O–H groups in total. The first-order valence-electron chi connectivity index (χ1n) is 8.12. The normalized spacial score (nSPS) is 12.3. The summed E-state index contributed by atoms with van der Waals surface area (Å²) in [6, 6.07) is 18.2. The fourth-order valence-corrected chi connectivity index (χ4v) is 2.75. The average Bonchev–Trinajstić information content (AvgIpc) is 2.62. The fraction of sp³-hybridized carbons (Fsp3) is 0.250. The molecule has 23 heavy (non-hydrogen) atoms. The maximum Gasteiger partial charge on any atom is 0.0806 e. The van der Waals surface area contributed by atoms with E-state index < -0.39 is 6.10 Å². The highest BCUT2D eigenvalue weighted by atomic mass is 16.3. The zero-order valence-corrected chi connectivity index (χ0v) is 13.4. The van der Waals surface area contributed by atoms with Gasteiger partial charge in [0.1, 0.15) is 0 Å². The molecule has 3 aromatic rings. The summed E-state index contributed by atoms with van der Waals surface area (Å²) in [7, 11) is 0. The predicted molar refractivity (Wildman–Crippen MR) is 95.6 cm³/mol. The van der Waals surface area contributed by atoms with Crippen LogP contribution in [-0.2, 0) is 6.42 Å². The van der Waals surface area contributed by atoms with Crippen molar-refractivity contribution < 1.29 is 5.11 Å². The standard InChI is InChI=1S/C20H22N2O/c1-2-15-8-9-18-17(14-15)19(10-12-21-18)22-13-11-20(23)16-6-4-3-5-7-16/h3-10,12,14,20,23H,2,11,13H2,1H3,(H,21,22)/t20-/m1/s1. The van der Waals surface area contributed by atoms with E-state index >= 15 is 0 Å². The van der Waals surface area contributed by atoms with Crippen LogP contribution < -0.4 is 5.32 Å². The van der Waals surface area contributed by atoms with Crippen LogP contribution in [0.2, 0.25) is 0 Å². The molecule has 3 nitrogen and oxygen atoms in total. The number of benzene rings is 2. The minimum atomic E-state index is -0.442. The van der Waals surface area contributed by atoms with Crippen molar-refractivity contribution >= 4 is 16.6 Å². The van der Waals surface area contributed by atoms with E-state index in [-0.39, 0.29) is 0 Å². The maximum absolute atomic E-state index is 10.2. The minimum absolute atomic E-state index is 0.442. The Morgan fingerprint density at radius 3 is 2.70 bits per heavy atom. The number of hydrogen-bond acceptors (Lipinski definition) is 3. The van der Waals surface area contributed by atoms with E-state index in [0.29, 0.717) is 13.0 Å². The topological polar surface area (TPSA) is 45.2 Å². The summed E-state index contributed by atoms with van der Waals surface area (Å²) < 4.78 is 0. The number of hydrogen-bond donors (Lipinski definition) is 2. The molecular weight excluding hydrogens is 284 g/mol. The third-order valence-corrected chi connectivity index (χ3v) is 4.13. The highest BCUT2D eigenvalue weighted by Crippen LogP contribution is 2.24. The van der Waals surface area contributed by atoms with Crippen LogP contribution in [0.4, 0.5) is 5.69 Å². The summed E-state index contributed by atoms with van der Waals surface area (Å²) in [6.45, 7) is 2.87. The highest BCUT2D eigenvalue weighted by molar-refractivity contribution is 5.91. The molecule has 0 amide bonds. The van der Waals surface area contributed by atoms with Gasteiger partial charge < -0.3 is 10.4 Å². The van der Waals surface area contributed by atoms with Crippen LogP contribution in [0.15, 0.2) is 60.8 Å². The molecule has 118 valence electrons. The smallest absolute Gasteiger partial charge is 0.0806 e. The van der Waals surface area contributed by atoms with Crippen molar-refractivity contribution in [3.05, 3.63) is 71.9 Å². The monoisotopic (exact) mass is 306 g/mol. The lowest BCUT2D eigenvalue weighted by Gasteiger charge is -2.14. The Labute approximate surface area is 137 Å². The van der Waals surface area contributed by atoms with Crippen LogP contribution in [0.1, 0.15) is 30.6 Å². The first-order valence-corrected chi connectivity index (χ1v) is 8.12. The van der Waals surface area contributed by atoms with E-state index in [1.807, 2.05) is 42.6 Å². The van der Waals surface area contributed by atoms with Gasteiger partial charge in [-0.15, -0.1) is 0 Å². The summed E-state index contributed by atoms with van der Waals surface area (Å²) in [5.74, 6) is 0. The second kappa shape index (κ2) is 7.25. The highest BCUT2D eigenvalue weighted by Gasteiger charge is 2.07. The van der Waals surface area contributed by atoms with Gasteiger partial charge in [0.05, 0.1) is 11.6 Å². The zero-order chi connectivity index (χ0) is 16.1. The molecule has 0 aliphatic rings. The Kier molecular flexibility index (Phi) is 4.89. The van der Waals surface area contributed by atoms with Gasteiger partial charge in [-0.1, -0.05) is 43.3 Å². The van der Waals surface area contributed by atoms with E-state index in [1.54, 1.807) is 0 Å². The van der Waals surface area contributed by atoms with Crippen LogP contribution in [0.5, 0.6) is 0 Å². The largest absolute Gasteiger partial charge is 0.388 e. The van der Waals surface area contributed by atoms with Crippen molar-refractivity contribution in [2.75, 3.05) is 11.9 Å². The number of aromatic nitrogens is 1. The number of aryl methyl sites for hydroxylation is 1. The maximum atomic E-state index is 10.2. The van der Waals surface area contributed by atoms with Crippen LogP contribution >= 0.6 is 0 Å². The molecule has 0 spiro atoms. The van der Waals surface area contributed by atoms with Crippen molar-refractivity contribution in [3.63, 3.8) is 0 Å². The van der Waals surface area contributed by atoms with Gasteiger partial charge in [0.2, 0.25) is 0 Å². The summed E-state index contributed by atoms with van der Waals surface area (Å²) in [5, 5.41) is 14.8. The van der Waals surface area contributed by atoms with Crippen molar-refractivity contribution in [1.82, 2.24) is 4.98 Å². The van der Waals surface area contributed by atoms with Gasteiger partial charge in [0.25, 0.3) is 0 Å². The third-order valence-electron chi connectivity index (χ3n) is 4.13. The van der Waals surface area contributed by atoms with Gasteiger partial charge in [0.15, 0.2) is 0 Å². The van der Waals surface area contributed by atoms with Gasteiger partial charge in [0, 0.05) is 23.8 Å². The molecule has 3 heteroatoms. The summed E-state index contributed by atoms with van der Waals surface area (Å²) in [6.07, 6.45) is 3.06. The van der Waals surface area contributed by atoms with E-state index in [9.17, 15) is 5.11 Å². The van der Waals surface area contributed by atoms with Gasteiger partial charge in [-0.05, 0) is 42.2 Å². The summed E-state index contributed by atoms with van der Waals surface area (Å²) in [4.78, 5) is 4.42. The van der Waals surface area contributed by atoms with E-state index in [0.717, 1.165) is 28.6 Å². The molecule has 0 fully saturated rings. The Bertz CT molecular complexity index is 771. The molecular formula is C20H22N2O. The molecule has 0 bridgehead atoms. The second-order valence-electron chi connectivity index (χ2n) is 5.71. The number of nitrogens with zero attached hydrogens (tertiary/aromatic N) is 1. The van der Waals surface area contributed by atoms with Crippen molar-refractivity contribution in [2.24, 2.45) is 0 Å². The first-order chi connectivity index (χ1) is 11.3. The Morgan fingerprint density at radius 2 is 1.91 bits per heavy atom. The van der Waals surface area contributed by atoms with Crippen molar-refractivity contribution in [2.45, 2.75) is 25.9 Å². The lowest BCUT2D eigenvalue weighted by Crippen LogP contribution is -2.08. The minimum Gasteiger partial charge on any atom is -0.388 e. The Morgan fingerprint density at radius 1 is 1.09 bits per heavy atom. The molecule has 2 aromatic carbocycles. The molecule has 0 unspecified atom stereocenters. The molecule has 1 aromatic heterocycles. The molecule has 0 aliphatic heterocycles. The first kappa shape index (κ1) is 15.5. The number of fused-ring (bicyclic) bond motifs is 1. The van der Waals surface area contributed by atoms with Gasteiger partial charge in [-0.25, -0.2) is 0 Å². The molecule has 1 atom stereocenters. The van der Waals surface area contributed by atoms with E-state index in [1.165, 1.54) is 5.56 Å². The molecule has 1 heterocycles. The van der Waals surface area contributed by atoms with Crippen LogP contribution in [-0.4, -0.2) is 16.6 Å². The van der Waals surface area contributed by atoms with Gasteiger partial charge in [-0.3, -0.25) is 4.98 Å². The number of nitrogens with one attached hydrogen (secondary N) is 1. The lowest BCUT2D eigenvalue weighted by molar-refractivity contribution is 0.171. The van der Waals surface area contributed by atoms with Gasteiger partial charge >= 0.3 is 0 Å². The van der Waals surface area contributed by atoms with Crippen LogP contribution in [0, 0.1) is 0 Å². The van der Waals surface area contributed by atoms with E-state index in [4.69, 9.17) is 0 Å². The van der Waals surface area contributed by atoms with E-state index in [2.05, 4.69) is 35.4 Å². The third kappa shape index (κ3) is 3.69. The quantitative estimate of drug-likeness (QED) is 0.712. The summed E-state index contributed by atoms with van der Waals surface area (Å²) in [5.41, 5.74) is 4.33. The fourth-order valence-electron chi connectivity index (χ4n) is 2.75. The number of rotatable bonds is 6. The molecule has 0 aliphatic carbocycles. The van der Waals surface area contributed by atoms with Crippen LogP contribution in [0.3, 0.4) is 0 Å². The molecule has 0 saturated heterocycles. The van der Waals surface area contributed by atoms with Gasteiger partial charge in [-0.2, -0.15) is 0 Å². The zero-order valence-electron chi connectivity index (χ0n) is 13.4. The summed E-state index contributed by atoms with van der Waals surface area (Å²) >= 11 is 0. The average molecular weight is 306 g/mol. The lowest BCUT2D eigenvalue weighted by atomic mass is 10.1. The second-order valence-corrected chi connectivity index (χ2v) is 5.71. The number of pyridine rings is 1.